The van der Waals surface area contributed by atoms with Gasteiger partial charge in [0.15, 0.2) is 0 Å². The molecule has 0 aliphatic carbocycles. The van der Waals surface area contributed by atoms with Crippen molar-refractivity contribution < 1.29 is 14.6 Å². The topological polar surface area (TPSA) is 61.8 Å². The fourth-order valence-corrected chi connectivity index (χ4v) is 2.72. The van der Waals surface area contributed by atoms with Crippen LogP contribution in [0.2, 0.25) is 0 Å². The molecule has 1 saturated heterocycles. The minimum absolute atomic E-state index is 0.136. The molecular formula is C16H32N2O3. The van der Waals surface area contributed by atoms with Gasteiger partial charge in [-0.2, -0.15) is 0 Å². The van der Waals surface area contributed by atoms with Gasteiger partial charge in [0.2, 0.25) is 0 Å². The van der Waals surface area contributed by atoms with Gasteiger partial charge in [0.25, 0.3) is 0 Å². The Bertz CT molecular complexity index is 324. The minimum Gasteiger partial charge on any atom is -0.444 e. The van der Waals surface area contributed by atoms with Gasteiger partial charge in [0.1, 0.15) is 5.60 Å². The van der Waals surface area contributed by atoms with E-state index in [2.05, 4.69) is 19.2 Å². The molecule has 0 aromatic rings. The predicted octanol–water partition coefficient (Wildman–Crippen LogP) is 2.38. The highest BCUT2D eigenvalue weighted by atomic mass is 16.6. The summed E-state index contributed by atoms with van der Waals surface area (Å²) in [6, 6.07) is 0.421. The molecule has 21 heavy (non-hydrogen) atoms. The maximum absolute atomic E-state index is 12.2. The van der Waals surface area contributed by atoms with Crippen LogP contribution in [0.1, 0.15) is 53.9 Å². The van der Waals surface area contributed by atoms with Gasteiger partial charge in [0.05, 0.1) is 6.61 Å². The SMILES string of the molecule is CC[C@@H](CO)NC(C)C1CCCN(C(=O)OC(C)(C)C)C1. The summed E-state index contributed by atoms with van der Waals surface area (Å²) in [7, 11) is 0. The smallest absolute Gasteiger partial charge is 0.410 e. The highest BCUT2D eigenvalue weighted by Gasteiger charge is 2.30. The number of hydrogen-bond acceptors (Lipinski definition) is 4. The maximum Gasteiger partial charge on any atom is 0.410 e. The fraction of sp³-hybridized carbons (Fsp3) is 0.938. The van der Waals surface area contributed by atoms with Crippen LogP contribution in [0.4, 0.5) is 4.79 Å². The molecule has 1 amide bonds. The van der Waals surface area contributed by atoms with Crippen molar-refractivity contribution in [2.24, 2.45) is 5.92 Å². The first-order valence-electron chi connectivity index (χ1n) is 8.11. The van der Waals surface area contributed by atoms with Crippen molar-refractivity contribution in [1.82, 2.24) is 10.2 Å². The summed E-state index contributed by atoms with van der Waals surface area (Å²) in [5, 5.41) is 12.8. The number of nitrogens with one attached hydrogen (secondary N) is 1. The molecule has 1 aliphatic rings. The Morgan fingerprint density at radius 3 is 2.67 bits per heavy atom. The van der Waals surface area contributed by atoms with E-state index in [1.807, 2.05) is 25.7 Å². The molecule has 1 heterocycles. The standard InChI is InChI=1S/C16H32N2O3/c1-6-14(11-19)17-12(2)13-8-7-9-18(10-13)15(20)21-16(3,4)5/h12-14,17,19H,6-11H2,1-5H3/t12?,13?,14-/m0/s1. The minimum atomic E-state index is -0.446. The van der Waals surface area contributed by atoms with Crippen LogP contribution in [-0.4, -0.2) is 53.5 Å². The number of aliphatic hydroxyl groups excluding tert-OH is 1. The zero-order valence-electron chi connectivity index (χ0n) is 14.2. The zero-order chi connectivity index (χ0) is 16.0. The van der Waals surface area contributed by atoms with Crippen molar-refractivity contribution >= 4 is 6.09 Å². The van der Waals surface area contributed by atoms with E-state index in [0.29, 0.717) is 5.92 Å². The first kappa shape index (κ1) is 18.2. The Labute approximate surface area is 129 Å². The summed E-state index contributed by atoms with van der Waals surface area (Å²) in [6.07, 6.45) is 2.80. The van der Waals surface area contributed by atoms with E-state index in [-0.39, 0.29) is 24.8 Å². The highest BCUT2D eigenvalue weighted by Crippen LogP contribution is 2.22. The Balaban J connectivity index is 2.53. The van der Waals surface area contributed by atoms with Crippen LogP contribution < -0.4 is 5.32 Å². The van der Waals surface area contributed by atoms with Crippen LogP contribution in [0.3, 0.4) is 0 Å². The number of rotatable bonds is 5. The Kier molecular flexibility index (Phi) is 6.94. The number of piperidine rings is 1. The molecule has 124 valence electrons. The molecule has 1 fully saturated rings. The molecule has 5 heteroatoms. The van der Waals surface area contributed by atoms with Crippen molar-refractivity contribution in [2.75, 3.05) is 19.7 Å². The molecule has 1 rings (SSSR count). The third-order valence-electron chi connectivity index (χ3n) is 4.03. The van der Waals surface area contributed by atoms with Crippen molar-refractivity contribution in [3.8, 4) is 0 Å². The molecule has 0 aromatic carbocycles. The Morgan fingerprint density at radius 2 is 2.14 bits per heavy atom. The average molecular weight is 300 g/mol. The van der Waals surface area contributed by atoms with E-state index in [0.717, 1.165) is 32.4 Å². The second-order valence-electron chi connectivity index (χ2n) is 7.07. The second kappa shape index (κ2) is 7.99. The highest BCUT2D eigenvalue weighted by molar-refractivity contribution is 5.68. The molecule has 5 nitrogen and oxygen atoms in total. The van der Waals surface area contributed by atoms with Gasteiger partial charge in [0, 0.05) is 25.2 Å². The number of carbonyl (C=O) groups is 1. The lowest BCUT2D eigenvalue weighted by molar-refractivity contribution is 0.0143. The first-order chi connectivity index (χ1) is 9.76. The molecule has 1 aliphatic heterocycles. The first-order valence-corrected chi connectivity index (χ1v) is 8.11. The van der Waals surface area contributed by atoms with E-state index in [4.69, 9.17) is 4.74 Å². The molecule has 2 unspecified atom stereocenters. The van der Waals surface area contributed by atoms with E-state index in [1.165, 1.54) is 0 Å². The molecular weight excluding hydrogens is 268 g/mol. The van der Waals surface area contributed by atoms with Gasteiger partial charge in [-0.15, -0.1) is 0 Å². The van der Waals surface area contributed by atoms with Gasteiger partial charge in [-0.1, -0.05) is 6.92 Å². The third-order valence-corrected chi connectivity index (χ3v) is 4.03. The van der Waals surface area contributed by atoms with Crippen molar-refractivity contribution in [3.05, 3.63) is 0 Å². The number of carbonyl (C=O) groups excluding carboxylic acids is 1. The lowest BCUT2D eigenvalue weighted by Crippen LogP contribution is -2.50. The van der Waals surface area contributed by atoms with E-state index >= 15 is 0 Å². The normalized spacial score (nSPS) is 22.8. The number of amides is 1. The molecule has 0 spiro atoms. The van der Waals surface area contributed by atoms with Crippen LogP contribution >= 0.6 is 0 Å². The second-order valence-corrected chi connectivity index (χ2v) is 7.07. The summed E-state index contributed by atoms with van der Waals surface area (Å²) in [6.45, 7) is 11.5. The summed E-state index contributed by atoms with van der Waals surface area (Å²) in [4.78, 5) is 14.0. The lowest BCUT2D eigenvalue weighted by atomic mass is 9.91. The van der Waals surface area contributed by atoms with Crippen molar-refractivity contribution in [1.29, 1.82) is 0 Å². The van der Waals surface area contributed by atoms with Gasteiger partial charge in [-0.05, 0) is 52.9 Å². The van der Waals surface area contributed by atoms with Gasteiger partial charge in [-0.3, -0.25) is 0 Å². The van der Waals surface area contributed by atoms with Crippen molar-refractivity contribution in [2.45, 2.75) is 71.6 Å². The van der Waals surface area contributed by atoms with Crippen LogP contribution in [0.15, 0.2) is 0 Å². The zero-order valence-corrected chi connectivity index (χ0v) is 14.2. The largest absolute Gasteiger partial charge is 0.444 e. The monoisotopic (exact) mass is 300 g/mol. The fourth-order valence-electron chi connectivity index (χ4n) is 2.72. The van der Waals surface area contributed by atoms with E-state index in [9.17, 15) is 9.90 Å². The Hall–Kier alpha value is -0.810. The molecule has 0 aromatic heterocycles. The summed E-state index contributed by atoms with van der Waals surface area (Å²) in [5.41, 5.74) is -0.446. The predicted molar refractivity (Wildman–Crippen MR) is 84.3 cm³/mol. The van der Waals surface area contributed by atoms with E-state index in [1.54, 1.807) is 0 Å². The summed E-state index contributed by atoms with van der Waals surface area (Å²) < 4.78 is 5.46. The molecule has 0 radical (unpaired) electrons. The Morgan fingerprint density at radius 1 is 1.48 bits per heavy atom. The molecule has 0 saturated carbocycles. The third kappa shape index (κ3) is 6.22. The van der Waals surface area contributed by atoms with Gasteiger partial charge < -0.3 is 20.1 Å². The van der Waals surface area contributed by atoms with Crippen LogP contribution in [0.5, 0.6) is 0 Å². The van der Waals surface area contributed by atoms with Crippen molar-refractivity contribution in [3.63, 3.8) is 0 Å². The number of nitrogens with zero attached hydrogens (tertiary/aromatic N) is 1. The van der Waals surface area contributed by atoms with Crippen LogP contribution in [-0.2, 0) is 4.74 Å². The number of aliphatic hydroxyl groups is 1. The molecule has 0 bridgehead atoms. The van der Waals surface area contributed by atoms with E-state index < -0.39 is 5.60 Å². The summed E-state index contributed by atoms with van der Waals surface area (Å²) in [5.74, 6) is 0.409. The van der Waals surface area contributed by atoms with Crippen LogP contribution in [0.25, 0.3) is 0 Å². The number of likely N-dealkylation sites (tertiary alicyclic amines) is 1. The number of ether oxygens (including phenoxy) is 1. The average Bonchev–Trinajstić information content (AvgIpc) is 2.42. The quantitative estimate of drug-likeness (QED) is 0.818. The number of hydrogen-bond donors (Lipinski definition) is 2. The lowest BCUT2D eigenvalue weighted by Gasteiger charge is -2.37. The van der Waals surface area contributed by atoms with Crippen LogP contribution in [0, 0.1) is 5.92 Å². The molecule has 2 N–H and O–H groups in total. The summed E-state index contributed by atoms with van der Waals surface area (Å²) >= 11 is 0. The van der Waals surface area contributed by atoms with Gasteiger partial charge in [-0.25, -0.2) is 4.79 Å². The molecule has 3 atom stereocenters. The van der Waals surface area contributed by atoms with Gasteiger partial charge >= 0.3 is 6.09 Å². The maximum atomic E-state index is 12.2.